The number of para-hydroxylation sites is 1. The highest BCUT2D eigenvalue weighted by Crippen LogP contribution is 2.26. The Labute approximate surface area is 197 Å². The first-order valence-corrected chi connectivity index (χ1v) is 10.7. The van der Waals surface area contributed by atoms with Gasteiger partial charge in [-0.25, -0.2) is 9.78 Å². The minimum Gasteiger partial charge on any atom is -0.497 e. The number of fused-ring (bicyclic) bond motifs is 1. The summed E-state index contributed by atoms with van der Waals surface area (Å²) in [5, 5.41) is 3.40. The zero-order chi connectivity index (χ0) is 23.9. The number of amides is 1. The van der Waals surface area contributed by atoms with Crippen molar-refractivity contribution in [3.63, 3.8) is 0 Å². The molecule has 3 aromatic carbocycles. The topological polar surface area (TPSA) is 86.8 Å². The van der Waals surface area contributed by atoms with E-state index < -0.39 is 18.5 Å². The normalized spacial score (nSPS) is 10.5. The standard InChI is InChI=1S/C27H24N2O5/c1-32-20-12-10-19(11-13-20)25-15-23(22-8-3-4-9-24(22)29-25)27(31)34-17-26(30)28-16-18-6-5-7-21(14-18)33-2/h3-15H,16-17H2,1-2H3,(H,28,30). The van der Waals surface area contributed by atoms with Gasteiger partial charge in [0, 0.05) is 17.5 Å². The lowest BCUT2D eigenvalue weighted by molar-refractivity contribution is -0.124. The highest BCUT2D eigenvalue weighted by atomic mass is 16.5. The molecule has 0 aliphatic heterocycles. The van der Waals surface area contributed by atoms with Gasteiger partial charge in [-0.3, -0.25) is 4.79 Å². The van der Waals surface area contributed by atoms with Crippen LogP contribution in [-0.2, 0) is 16.1 Å². The second-order valence-corrected chi connectivity index (χ2v) is 7.51. The summed E-state index contributed by atoms with van der Waals surface area (Å²) in [5.74, 6) is 0.439. The number of rotatable bonds is 8. The third-order valence-corrected chi connectivity index (χ3v) is 5.28. The SMILES string of the molecule is COc1ccc(-c2cc(C(=O)OCC(=O)NCc3cccc(OC)c3)c3ccccc3n2)cc1. The number of nitrogens with zero attached hydrogens (tertiary/aromatic N) is 1. The minimum atomic E-state index is -0.593. The predicted octanol–water partition coefficient (Wildman–Crippen LogP) is 4.39. The average Bonchev–Trinajstić information content (AvgIpc) is 2.90. The minimum absolute atomic E-state index is 0.299. The summed E-state index contributed by atoms with van der Waals surface area (Å²) in [6.45, 7) is -0.0925. The highest BCUT2D eigenvalue weighted by Gasteiger charge is 2.16. The summed E-state index contributed by atoms with van der Waals surface area (Å²) >= 11 is 0. The molecule has 0 fully saturated rings. The van der Waals surface area contributed by atoms with Gasteiger partial charge in [0.05, 0.1) is 31.0 Å². The average molecular weight is 456 g/mol. The fraction of sp³-hybridized carbons (Fsp3) is 0.148. The third kappa shape index (κ3) is 5.32. The highest BCUT2D eigenvalue weighted by molar-refractivity contribution is 6.05. The Morgan fingerprint density at radius 1 is 0.853 bits per heavy atom. The summed E-state index contributed by atoms with van der Waals surface area (Å²) in [6, 6.07) is 23.8. The van der Waals surface area contributed by atoms with E-state index in [-0.39, 0.29) is 0 Å². The maximum absolute atomic E-state index is 12.9. The molecule has 1 N–H and O–H groups in total. The van der Waals surface area contributed by atoms with E-state index in [1.165, 1.54) is 0 Å². The summed E-state index contributed by atoms with van der Waals surface area (Å²) in [4.78, 5) is 29.9. The van der Waals surface area contributed by atoms with E-state index in [4.69, 9.17) is 14.2 Å². The van der Waals surface area contributed by atoms with Crippen LogP contribution in [0.5, 0.6) is 11.5 Å². The second kappa shape index (κ2) is 10.5. The molecule has 7 nitrogen and oxygen atoms in total. The quantitative estimate of drug-likeness (QED) is 0.396. The van der Waals surface area contributed by atoms with Gasteiger partial charge in [-0.15, -0.1) is 0 Å². The van der Waals surface area contributed by atoms with Crippen LogP contribution in [0.1, 0.15) is 15.9 Å². The van der Waals surface area contributed by atoms with Crippen LogP contribution in [0.3, 0.4) is 0 Å². The van der Waals surface area contributed by atoms with Crippen LogP contribution in [0.25, 0.3) is 22.2 Å². The lowest BCUT2D eigenvalue weighted by Crippen LogP contribution is -2.28. The summed E-state index contributed by atoms with van der Waals surface area (Å²) in [5.41, 5.74) is 3.33. The summed E-state index contributed by atoms with van der Waals surface area (Å²) in [7, 11) is 3.18. The van der Waals surface area contributed by atoms with Gasteiger partial charge in [0.25, 0.3) is 5.91 Å². The smallest absolute Gasteiger partial charge is 0.339 e. The molecule has 4 rings (SSSR count). The summed E-state index contributed by atoms with van der Waals surface area (Å²) in [6.07, 6.45) is 0. The molecule has 4 aromatic rings. The number of nitrogens with one attached hydrogen (secondary N) is 1. The first kappa shape index (κ1) is 22.8. The molecule has 0 spiro atoms. The lowest BCUT2D eigenvalue weighted by atomic mass is 10.0. The van der Waals surface area contributed by atoms with Crippen molar-refractivity contribution in [2.75, 3.05) is 20.8 Å². The molecule has 0 aliphatic carbocycles. The molecular weight excluding hydrogens is 432 g/mol. The molecular formula is C27H24N2O5. The van der Waals surface area contributed by atoms with Crippen molar-refractivity contribution in [1.29, 1.82) is 0 Å². The second-order valence-electron chi connectivity index (χ2n) is 7.51. The van der Waals surface area contributed by atoms with Crippen molar-refractivity contribution in [1.82, 2.24) is 10.3 Å². The van der Waals surface area contributed by atoms with Crippen LogP contribution < -0.4 is 14.8 Å². The molecule has 34 heavy (non-hydrogen) atoms. The van der Waals surface area contributed by atoms with Gasteiger partial charge in [0.2, 0.25) is 0 Å². The van der Waals surface area contributed by atoms with E-state index >= 15 is 0 Å². The monoisotopic (exact) mass is 456 g/mol. The Morgan fingerprint density at radius 2 is 1.62 bits per heavy atom. The fourth-order valence-electron chi connectivity index (χ4n) is 3.50. The number of hydrogen-bond donors (Lipinski definition) is 1. The number of benzene rings is 3. The first-order valence-electron chi connectivity index (χ1n) is 10.7. The molecule has 0 saturated carbocycles. The van der Waals surface area contributed by atoms with Crippen LogP contribution in [0, 0.1) is 0 Å². The van der Waals surface area contributed by atoms with E-state index in [2.05, 4.69) is 10.3 Å². The van der Waals surface area contributed by atoms with Gasteiger partial charge in [-0.1, -0.05) is 30.3 Å². The Balaban J connectivity index is 1.48. The lowest BCUT2D eigenvalue weighted by Gasteiger charge is -2.11. The van der Waals surface area contributed by atoms with Crippen LogP contribution in [-0.4, -0.2) is 37.7 Å². The molecule has 1 amide bonds. The molecule has 172 valence electrons. The van der Waals surface area contributed by atoms with Gasteiger partial charge >= 0.3 is 5.97 Å². The number of hydrogen-bond acceptors (Lipinski definition) is 6. The van der Waals surface area contributed by atoms with Crippen molar-refractivity contribution in [3.8, 4) is 22.8 Å². The first-order chi connectivity index (χ1) is 16.6. The molecule has 0 saturated heterocycles. The van der Waals surface area contributed by atoms with Gasteiger partial charge in [-0.2, -0.15) is 0 Å². The maximum atomic E-state index is 12.9. The van der Waals surface area contributed by atoms with E-state index in [1.807, 2.05) is 66.7 Å². The van der Waals surface area contributed by atoms with E-state index in [0.29, 0.717) is 34.5 Å². The molecule has 7 heteroatoms. The maximum Gasteiger partial charge on any atom is 0.339 e. The molecule has 0 radical (unpaired) electrons. The molecule has 0 aliphatic rings. The van der Waals surface area contributed by atoms with E-state index in [0.717, 1.165) is 16.9 Å². The van der Waals surface area contributed by atoms with Crippen LogP contribution >= 0.6 is 0 Å². The number of carbonyl (C=O) groups excluding carboxylic acids is 2. The van der Waals surface area contributed by atoms with Crippen LogP contribution in [0.15, 0.2) is 78.9 Å². The van der Waals surface area contributed by atoms with Gasteiger partial charge < -0.3 is 19.5 Å². The third-order valence-electron chi connectivity index (χ3n) is 5.28. The van der Waals surface area contributed by atoms with Crippen LogP contribution in [0.4, 0.5) is 0 Å². The zero-order valence-electron chi connectivity index (χ0n) is 18.9. The molecule has 0 unspecified atom stereocenters. The summed E-state index contributed by atoms with van der Waals surface area (Å²) < 4.78 is 15.7. The van der Waals surface area contributed by atoms with Crippen LogP contribution in [0.2, 0.25) is 0 Å². The number of esters is 1. The fourth-order valence-corrected chi connectivity index (χ4v) is 3.50. The largest absolute Gasteiger partial charge is 0.497 e. The number of methoxy groups -OCH3 is 2. The molecule has 1 heterocycles. The van der Waals surface area contributed by atoms with Gasteiger partial charge in [0.1, 0.15) is 11.5 Å². The Kier molecular flexibility index (Phi) is 7.03. The number of ether oxygens (including phenoxy) is 3. The van der Waals surface area contributed by atoms with Crippen molar-refractivity contribution in [3.05, 3.63) is 90.0 Å². The molecule has 0 bridgehead atoms. The number of aromatic nitrogens is 1. The van der Waals surface area contributed by atoms with Gasteiger partial charge in [-0.05, 0) is 54.1 Å². The van der Waals surface area contributed by atoms with Crippen molar-refractivity contribution >= 4 is 22.8 Å². The predicted molar refractivity (Wildman–Crippen MR) is 129 cm³/mol. The zero-order valence-corrected chi connectivity index (χ0v) is 18.9. The Morgan fingerprint density at radius 3 is 2.38 bits per heavy atom. The Bertz CT molecular complexity index is 1320. The van der Waals surface area contributed by atoms with Gasteiger partial charge in [0.15, 0.2) is 6.61 Å². The Hall–Kier alpha value is -4.39. The van der Waals surface area contributed by atoms with Crippen molar-refractivity contribution in [2.24, 2.45) is 0 Å². The molecule has 1 aromatic heterocycles. The van der Waals surface area contributed by atoms with Crippen molar-refractivity contribution < 1.29 is 23.8 Å². The number of carbonyl (C=O) groups is 2. The molecule has 0 atom stereocenters. The van der Waals surface area contributed by atoms with E-state index in [9.17, 15) is 9.59 Å². The van der Waals surface area contributed by atoms with E-state index in [1.54, 1.807) is 26.4 Å². The van der Waals surface area contributed by atoms with Crippen molar-refractivity contribution in [2.45, 2.75) is 6.54 Å². The number of pyridine rings is 1.